The summed E-state index contributed by atoms with van der Waals surface area (Å²) in [7, 11) is 0. The molecule has 0 aromatic rings. The Labute approximate surface area is 409 Å². The summed E-state index contributed by atoms with van der Waals surface area (Å²) in [6, 6.07) is 0. The number of carbonyl (C=O) groups is 2. The highest BCUT2D eigenvalue weighted by Crippen LogP contribution is 2.28. The Bertz CT molecular complexity index is 1230. The molecule has 13 atom stereocenters. The van der Waals surface area contributed by atoms with E-state index >= 15 is 0 Å². The van der Waals surface area contributed by atoms with E-state index in [1.54, 1.807) is 0 Å². The second-order valence-electron chi connectivity index (χ2n) is 19.6. The minimum Gasteiger partial charge on any atom is -0.453 e. The quantitative estimate of drug-likeness (QED) is 0.0170. The van der Waals surface area contributed by atoms with Crippen LogP contribution in [0, 0.1) is 0 Å². The van der Waals surface area contributed by atoms with Gasteiger partial charge in [0.05, 0.1) is 13.2 Å². The predicted molar refractivity (Wildman–Crippen MR) is 258 cm³/mol. The molecule has 8 N–H and O–H groups in total. The van der Waals surface area contributed by atoms with E-state index in [0.29, 0.717) is 12.8 Å². The first-order valence-electron chi connectivity index (χ1n) is 27.2. The highest BCUT2D eigenvalue weighted by Gasteiger charge is 2.48. The number of hydrogen-bond acceptors (Lipinski definition) is 16. The topological polar surface area (TPSA) is 251 Å². The summed E-state index contributed by atoms with van der Waals surface area (Å²) in [6.45, 7) is 4.60. The number of esters is 2. The smallest absolute Gasteiger partial charge is 0.308 e. The van der Waals surface area contributed by atoms with Crippen molar-refractivity contribution in [3.05, 3.63) is 0 Å². The molecule has 68 heavy (non-hydrogen) atoms. The standard InChI is InChI=1S/C52H98O16/c1-4-6-8-10-12-14-16-18-20-22-24-26-28-30-32-34-41(54)67-49(50(62)68-42(55)35-33-31-29-27-25-23-21-19-17-15-13-11-9-7-5-2)38(3)64-52-48(61)46(59)44(57)40(66-52)37-63-51-47(60)45(58)43(56)39(36-53)65-51/h38-40,43-53,56-62H,4-37H2,1-3H3/t38-,39+,40+,43-,44-,45-,46-,47+,48+,49-,50+,51-,52+/m0/s1. The third-order valence-corrected chi connectivity index (χ3v) is 13.5. The minimum atomic E-state index is -1.94. The molecule has 0 radical (unpaired) electrons. The fraction of sp³-hybridized carbons (Fsp3) is 0.962. The molecule has 0 aliphatic carbocycles. The Hall–Kier alpha value is -1.54. The molecule has 2 fully saturated rings. The molecule has 0 bridgehead atoms. The van der Waals surface area contributed by atoms with E-state index < -0.39 is 105 Å². The van der Waals surface area contributed by atoms with Crippen molar-refractivity contribution in [3.63, 3.8) is 0 Å². The molecule has 0 amide bonds. The summed E-state index contributed by atoms with van der Waals surface area (Å²) in [5.41, 5.74) is 0. The van der Waals surface area contributed by atoms with Crippen LogP contribution in [0.15, 0.2) is 0 Å². The summed E-state index contributed by atoms with van der Waals surface area (Å²) in [5, 5.41) is 83.7. The van der Waals surface area contributed by atoms with Crippen molar-refractivity contribution >= 4 is 11.9 Å². The molecular weight excluding hydrogens is 881 g/mol. The number of rotatable bonds is 42. The lowest BCUT2D eigenvalue weighted by atomic mass is 9.98. The van der Waals surface area contributed by atoms with E-state index in [1.165, 1.54) is 135 Å². The van der Waals surface area contributed by atoms with Crippen molar-refractivity contribution in [1.29, 1.82) is 0 Å². The molecule has 2 rings (SSSR count). The number of aliphatic hydroxyl groups excluding tert-OH is 8. The Morgan fingerprint density at radius 1 is 0.456 bits per heavy atom. The second kappa shape index (κ2) is 39.0. The zero-order chi connectivity index (χ0) is 49.9. The number of hydrogen-bond donors (Lipinski definition) is 8. The van der Waals surface area contributed by atoms with Crippen LogP contribution in [0.5, 0.6) is 0 Å². The first-order chi connectivity index (χ1) is 32.9. The molecular formula is C52H98O16. The minimum absolute atomic E-state index is 0.0477. The maximum atomic E-state index is 13.2. The zero-order valence-electron chi connectivity index (χ0n) is 42.4. The normalized spacial score (nSPS) is 26.6. The van der Waals surface area contributed by atoms with Gasteiger partial charge in [-0.05, 0) is 19.8 Å². The number of aliphatic hydroxyl groups is 8. The van der Waals surface area contributed by atoms with Crippen LogP contribution in [0.4, 0.5) is 0 Å². The molecule has 402 valence electrons. The third kappa shape index (κ3) is 26.2. The van der Waals surface area contributed by atoms with Gasteiger partial charge in [0.1, 0.15) is 54.9 Å². The molecule has 16 nitrogen and oxygen atoms in total. The lowest BCUT2D eigenvalue weighted by Crippen LogP contribution is -2.62. The van der Waals surface area contributed by atoms with Crippen LogP contribution in [-0.4, -0.2) is 146 Å². The fourth-order valence-electron chi connectivity index (χ4n) is 8.99. The molecule has 2 heterocycles. The highest BCUT2D eigenvalue weighted by atomic mass is 16.7. The van der Waals surface area contributed by atoms with Crippen LogP contribution in [0.25, 0.3) is 0 Å². The summed E-state index contributed by atoms with van der Waals surface area (Å²) in [5.74, 6) is -1.33. The van der Waals surface area contributed by atoms with Crippen LogP contribution in [-0.2, 0) is 38.0 Å². The maximum absolute atomic E-state index is 13.2. The van der Waals surface area contributed by atoms with Gasteiger partial charge in [-0.3, -0.25) is 9.59 Å². The number of carbonyl (C=O) groups excluding carboxylic acids is 2. The van der Waals surface area contributed by atoms with Gasteiger partial charge in [-0.2, -0.15) is 0 Å². The van der Waals surface area contributed by atoms with Crippen molar-refractivity contribution in [3.8, 4) is 0 Å². The Balaban J connectivity index is 1.88. The largest absolute Gasteiger partial charge is 0.453 e. The van der Waals surface area contributed by atoms with Gasteiger partial charge in [-0.1, -0.05) is 194 Å². The number of unbranched alkanes of at least 4 members (excludes halogenated alkanes) is 28. The lowest BCUT2D eigenvalue weighted by molar-refractivity contribution is -0.340. The van der Waals surface area contributed by atoms with Gasteiger partial charge in [-0.25, -0.2) is 0 Å². The van der Waals surface area contributed by atoms with Crippen molar-refractivity contribution < 1.29 is 78.9 Å². The summed E-state index contributed by atoms with van der Waals surface area (Å²) >= 11 is 0. The van der Waals surface area contributed by atoms with E-state index in [1.807, 2.05) is 0 Å². The van der Waals surface area contributed by atoms with Crippen LogP contribution in [0.3, 0.4) is 0 Å². The average Bonchev–Trinajstić information content (AvgIpc) is 3.32. The van der Waals surface area contributed by atoms with Gasteiger partial charge in [-0.15, -0.1) is 0 Å². The van der Waals surface area contributed by atoms with Gasteiger partial charge in [0.15, 0.2) is 18.7 Å². The first-order valence-corrected chi connectivity index (χ1v) is 27.2. The van der Waals surface area contributed by atoms with Crippen molar-refractivity contribution in [1.82, 2.24) is 0 Å². The van der Waals surface area contributed by atoms with Gasteiger partial charge in [0.25, 0.3) is 0 Å². The molecule has 0 aromatic heterocycles. The van der Waals surface area contributed by atoms with Crippen LogP contribution >= 0.6 is 0 Å². The van der Waals surface area contributed by atoms with Gasteiger partial charge in [0.2, 0.25) is 6.29 Å². The molecule has 2 aliphatic heterocycles. The van der Waals surface area contributed by atoms with E-state index in [0.717, 1.165) is 51.4 Å². The average molecular weight is 979 g/mol. The third-order valence-electron chi connectivity index (χ3n) is 13.5. The van der Waals surface area contributed by atoms with Crippen molar-refractivity contribution in [2.45, 2.75) is 306 Å². The van der Waals surface area contributed by atoms with Gasteiger partial charge < -0.3 is 69.3 Å². The number of ether oxygens (including phenoxy) is 6. The maximum Gasteiger partial charge on any atom is 0.308 e. The predicted octanol–water partition coefficient (Wildman–Crippen LogP) is 7.31. The molecule has 0 saturated carbocycles. The molecule has 0 spiro atoms. The Kier molecular flexibility index (Phi) is 35.9. The SMILES string of the molecule is CCCCCCCCCCCCCCCCCC(=O)O[C@@H]([C@H](C)O[C@@H]1O[C@H](CO[C@H]2O[C@H](CO)[C@H](O)[C@H](O)[C@H]2O)[C@H](O)[C@H](O)[C@H]1O)[C@H](O)OC(=O)CCCCCCCCCCCCCCCCC. The van der Waals surface area contributed by atoms with Crippen molar-refractivity contribution in [2.75, 3.05) is 13.2 Å². The summed E-state index contributed by atoms with van der Waals surface area (Å²) in [4.78, 5) is 26.1. The Morgan fingerprint density at radius 3 is 1.19 bits per heavy atom. The first kappa shape index (κ1) is 62.6. The summed E-state index contributed by atoms with van der Waals surface area (Å²) in [6.07, 6.45) is 14.0. The monoisotopic (exact) mass is 979 g/mol. The summed E-state index contributed by atoms with van der Waals surface area (Å²) < 4.78 is 33.6. The lowest BCUT2D eigenvalue weighted by Gasteiger charge is -2.43. The van der Waals surface area contributed by atoms with Crippen LogP contribution in [0.1, 0.15) is 226 Å². The van der Waals surface area contributed by atoms with Gasteiger partial charge in [0, 0.05) is 12.8 Å². The van der Waals surface area contributed by atoms with E-state index in [4.69, 9.17) is 28.4 Å². The molecule has 16 heteroatoms. The molecule has 2 saturated heterocycles. The van der Waals surface area contributed by atoms with E-state index in [9.17, 15) is 50.4 Å². The zero-order valence-corrected chi connectivity index (χ0v) is 42.4. The molecule has 2 aliphatic rings. The Morgan fingerprint density at radius 2 is 0.794 bits per heavy atom. The second-order valence-corrected chi connectivity index (χ2v) is 19.6. The molecule has 0 aromatic carbocycles. The molecule has 0 unspecified atom stereocenters. The highest BCUT2D eigenvalue weighted by molar-refractivity contribution is 5.70. The van der Waals surface area contributed by atoms with E-state index in [-0.39, 0.29) is 12.8 Å². The van der Waals surface area contributed by atoms with Gasteiger partial charge >= 0.3 is 11.9 Å². The van der Waals surface area contributed by atoms with Crippen molar-refractivity contribution in [2.24, 2.45) is 0 Å². The van der Waals surface area contributed by atoms with E-state index in [2.05, 4.69) is 13.8 Å². The fourth-order valence-corrected chi connectivity index (χ4v) is 8.99. The van der Waals surface area contributed by atoms with Crippen LogP contribution < -0.4 is 0 Å². The van der Waals surface area contributed by atoms with Crippen LogP contribution in [0.2, 0.25) is 0 Å².